The first-order valence-electron chi connectivity index (χ1n) is 6.21. The maximum atomic E-state index is 12.0. The van der Waals surface area contributed by atoms with Gasteiger partial charge in [-0.3, -0.25) is 9.59 Å². The van der Waals surface area contributed by atoms with Crippen molar-refractivity contribution in [2.45, 2.75) is 25.4 Å². The number of hydrogen-bond donors (Lipinski definition) is 1. The van der Waals surface area contributed by atoms with E-state index in [2.05, 4.69) is 0 Å². The van der Waals surface area contributed by atoms with Crippen molar-refractivity contribution in [2.24, 2.45) is 0 Å². The molecule has 2 aliphatic rings. The van der Waals surface area contributed by atoms with E-state index in [1.807, 2.05) is 0 Å². The second kappa shape index (κ2) is 5.19. The Kier molecular flexibility index (Phi) is 3.71. The number of carbonyl (C=O) groups is 5. The minimum atomic E-state index is -1.60. The van der Waals surface area contributed by atoms with Gasteiger partial charge in [0.25, 0.3) is 5.91 Å². The lowest BCUT2D eigenvalue weighted by Crippen LogP contribution is -2.66. The lowest BCUT2D eigenvalue weighted by atomic mass is 10.3. The molecule has 0 aromatic heterocycles. The monoisotopic (exact) mass is 296 g/mol. The number of carboxylic acids is 1. The second-order valence-electron chi connectivity index (χ2n) is 4.74. The maximum Gasteiger partial charge on any atom is 0.371 e. The van der Waals surface area contributed by atoms with Crippen LogP contribution in [0.3, 0.4) is 0 Å². The van der Waals surface area contributed by atoms with Crippen LogP contribution in [0.2, 0.25) is 0 Å². The first kappa shape index (κ1) is 15.0. The third kappa shape index (κ3) is 2.26. The van der Waals surface area contributed by atoms with Crippen molar-refractivity contribution in [1.29, 1.82) is 0 Å². The lowest BCUT2D eigenvalue weighted by molar-refractivity contribution is -0.867. The molecule has 4 amide bonds. The summed E-state index contributed by atoms with van der Waals surface area (Å²) < 4.78 is -1.25. The summed E-state index contributed by atoms with van der Waals surface area (Å²) in [7, 11) is 0. The Hall–Kier alpha value is -2.39. The molecule has 0 spiro atoms. The molecule has 112 valence electrons. The van der Waals surface area contributed by atoms with E-state index in [0.717, 1.165) is 12.2 Å². The minimum Gasteiger partial charge on any atom is -0.550 e. The van der Waals surface area contributed by atoms with Crippen LogP contribution in [-0.2, 0) is 24.0 Å². The molecule has 1 atom stereocenters. The summed E-state index contributed by atoms with van der Waals surface area (Å²) in [6.45, 7) is -0.372. The second-order valence-corrected chi connectivity index (χ2v) is 4.74. The molecule has 0 bridgehead atoms. The molecular formula is C12H12N2O7. The van der Waals surface area contributed by atoms with Crippen LogP contribution in [0.5, 0.6) is 0 Å². The van der Waals surface area contributed by atoms with E-state index < -0.39 is 53.1 Å². The average molecular weight is 296 g/mol. The Morgan fingerprint density at radius 3 is 2.29 bits per heavy atom. The average Bonchev–Trinajstić information content (AvgIpc) is 2.80. The van der Waals surface area contributed by atoms with Crippen molar-refractivity contribution in [2.75, 3.05) is 6.54 Å². The number of aliphatic hydroxyl groups excluding tert-OH is 1. The molecular weight excluding hydrogens is 284 g/mol. The maximum absolute atomic E-state index is 12.0. The number of aliphatic hydroxyl groups is 1. The predicted octanol–water partition coefficient (Wildman–Crippen LogP) is -3.01. The van der Waals surface area contributed by atoms with Crippen molar-refractivity contribution >= 4 is 29.6 Å². The number of hydrogen-bond acceptors (Lipinski definition) is 7. The van der Waals surface area contributed by atoms with Gasteiger partial charge in [-0.05, 0) is 6.42 Å². The first-order valence-corrected chi connectivity index (χ1v) is 6.21. The first-order chi connectivity index (χ1) is 9.80. The van der Waals surface area contributed by atoms with Gasteiger partial charge < -0.3 is 15.0 Å². The molecule has 1 fully saturated rings. The molecule has 1 saturated heterocycles. The zero-order chi connectivity index (χ0) is 15.8. The number of nitrogens with zero attached hydrogens (tertiary/aromatic N) is 2. The number of rotatable bonds is 5. The molecule has 1 unspecified atom stereocenters. The number of amides is 4. The van der Waals surface area contributed by atoms with E-state index in [-0.39, 0.29) is 13.0 Å². The quantitative estimate of drug-likeness (QED) is 0.422. The molecule has 9 nitrogen and oxygen atoms in total. The van der Waals surface area contributed by atoms with E-state index >= 15 is 0 Å². The van der Waals surface area contributed by atoms with Crippen molar-refractivity contribution in [3.8, 4) is 0 Å². The van der Waals surface area contributed by atoms with Gasteiger partial charge in [-0.15, -0.1) is 5.01 Å². The highest BCUT2D eigenvalue weighted by molar-refractivity contribution is 6.10. The zero-order valence-electron chi connectivity index (χ0n) is 10.9. The van der Waals surface area contributed by atoms with Crippen LogP contribution in [0, 0.1) is 0 Å². The van der Waals surface area contributed by atoms with Crippen LogP contribution in [0.1, 0.15) is 19.3 Å². The Morgan fingerprint density at radius 2 is 1.86 bits per heavy atom. The number of aliphatic carboxylic acids is 1. The topological polar surface area (TPSA) is 132 Å². The van der Waals surface area contributed by atoms with E-state index in [1.54, 1.807) is 0 Å². The lowest BCUT2D eigenvalue weighted by Gasteiger charge is -2.33. The van der Waals surface area contributed by atoms with E-state index in [4.69, 9.17) is 0 Å². The molecule has 1 N–H and O–H groups in total. The van der Waals surface area contributed by atoms with Crippen LogP contribution in [0.4, 0.5) is 0 Å². The van der Waals surface area contributed by atoms with Gasteiger partial charge in [0, 0.05) is 12.4 Å². The number of carboxylic acid groups (broad SMARTS) is 1. The number of quaternary nitrogens is 1. The van der Waals surface area contributed by atoms with Crippen LogP contribution in [-0.4, -0.2) is 57.0 Å². The number of imide groups is 2. The van der Waals surface area contributed by atoms with Crippen molar-refractivity contribution < 1.29 is 38.8 Å². The fraction of sp³-hybridized carbons (Fsp3) is 0.417. The normalized spacial score (nSPS) is 24.2. The summed E-state index contributed by atoms with van der Waals surface area (Å²) in [5.74, 6) is -4.92. The molecule has 0 aliphatic carbocycles. The van der Waals surface area contributed by atoms with Gasteiger partial charge in [0.05, 0.1) is 18.6 Å². The van der Waals surface area contributed by atoms with Crippen molar-refractivity contribution in [3.63, 3.8) is 0 Å². The molecule has 0 radical (unpaired) electrons. The molecule has 9 heteroatoms. The zero-order valence-corrected chi connectivity index (χ0v) is 10.9. The fourth-order valence-corrected chi connectivity index (χ4v) is 2.43. The largest absolute Gasteiger partial charge is 0.550 e. The molecule has 2 aliphatic heterocycles. The standard InChI is InChI=1S/C12H12N2O7/c15-7-6-8(16)13(12(7)21)14(5-1-2-11(19)20)9(17)3-4-10(14)18/h3-4,7,15H,1-2,5-6H2. The molecule has 0 aromatic rings. The molecule has 0 aromatic carbocycles. The summed E-state index contributed by atoms with van der Waals surface area (Å²) in [6, 6.07) is 0. The van der Waals surface area contributed by atoms with Gasteiger partial charge in [0.15, 0.2) is 0 Å². The van der Waals surface area contributed by atoms with E-state index in [0.29, 0.717) is 5.01 Å². The summed E-state index contributed by atoms with van der Waals surface area (Å²) >= 11 is 0. The Bertz CT molecular complexity index is 562. The Balaban J connectivity index is 2.35. The van der Waals surface area contributed by atoms with Gasteiger partial charge in [-0.25, -0.2) is 9.59 Å². The van der Waals surface area contributed by atoms with Crippen LogP contribution < -0.4 is 5.11 Å². The number of carbonyl (C=O) groups excluding carboxylic acids is 5. The third-order valence-corrected chi connectivity index (χ3v) is 3.40. The smallest absolute Gasteiger partial charge is 0.371 e. The fourth-order valence-electron chi connectivity index (χ4n) is 2.43. The van der Waals surface area contributed by atoms with Crippen molar-refractivity contribution in [1.82, 2.24) is 5.01 Å². The summed E-state index contributed by atoms with van der Waals surface area (Å²) in [5, 5.41) is 20.3. The van der Waals surface area contributed by atoms with E-state index in [1.165, 1.54) is 0 Å². The van der Waals surface area contributed by atoms with Gasteiger partial charge in [0.1, 0.15) is 12.6 Å². The minimum absolute atomic E-state index is 0.144. The SMILES string of the molecule is O=C([O-])CCC[N+]1(N2C(=O)CC(O)C2=O)C(=O)C=CC1=O. The Morgan fingerprint density at radius 1 is 1.29 bits per heavy atom. The van der Waals surface area contributed by atoms with Gasteiger partial charge in [0.2, 0.25) is 0 Å². The summed E-state index contributed by atoms with van der Waals surface area (Å²) in [6.07, 6.45) is -0.845. The van der Waals surface area contributed by atoms with Gasteiger partial charge in [-0.1, -0.05) is 4.59 Å². The summed E-state index contributed by atoms with van der Waals surface area (Å²) in [4.78, 5) is 58.3. The van der Waals surface area contributed by atoms with Crippen molar-refractivity contribution in [3.05, 3.63) is 12.2 Å². The molecule has 2 heterocycles. The van der Waals surface area contributed by atoms with Crippen LogP contribution >= 0.6 is 0 Å². The highest BCUT2D eigenvalue weighted by atomic mass is 16.4. The van der Waals surface area contributed by atoms with Crippen LogP contribution in [0.25, 0.3) is 0 Å². The Labute approximate surface area is 118 Å². The highest BCUT2D eigenvalue weighted by Gasteiger charge is 2.60. The van der Waals surface area contributed by atoms with Gasteiger partial charge >= 0.3 is 17.7 Å². The van der Waals surface area contributed by atoms with Gasteiger partial charge in [-0.2, -0.15) is 0 Å². The highest BCUT2D eigenvalue weighted by Crippen LogP contribution is 2.28. The predicted molar refractivity (Wildman–Crippen MR) is 61.0 cm³/mol. The molecule has 21 heavy (non-hydrogen) atoms. The third-order valence-electron chi connectivity index (χ3n) is 3.40. The molecule has 0 saturated carbocycles. The van der Waals surface area contributed by atoms with Crippen LogP contribution in [0.15, 0.2) is 12.2 Å². The summed E-state index contributed by atoms with van der Waals surface area (Å²) in [5.41, 5.74) is 0. The molecule has 2 rings (SSSR count). The van der Waals surface area contributed by atoms with E-state index in [9.17, 15) is 34.2 Å².